The molecule has 17 heavy (non-hydrogen) atoms. The van der Waals surface area contributed by atoms with Crippen LogP contribution in [0.15, 0.2) is 12.1 Å². The summed E-state index contributed by atoms with van der Waals surface area (Å²) in [6, 6.07) is 1.94. The van der Waals surface area contributed by atoms with Gasteiger partial charge in [0, 0.05) is 9.75 Å². The number of hydrogen-bond donors (Lipinski definition) is 4. The first kappa shape index (κ1) is 13.5. The van der Waals surface area contributed by atoms with Gasteiger partial charge in [-0.25, -0.2) is 9.59 Å². The van der Waals surface area contributed by atoms with E-state index in [0.717, 1.165) is 9.75 Å². The molecule has 0 aliphatic heterocycles. The van der Waals surface area contributed by atoms with Gasteiger partial charge < -0.3 is 20.8 Å². The number of nitrogens with one attached hydrogen (secondary N) is 2. The second-order valence-electron chi connectivity index (χ2n) is 3.41. The molecule has 1 rings (SSSR count). The van der Waals surface area contributed by atoms with E-state index in [1.54, 1.807) is 11.3 Å². The number of carboxylic acid groups (broad SMARTS) is 1. The minimum absolute atomic E-state index is 0.335. The first-order chi connectivity index (χ1) is 8.02. The van der Waals surface area contributed by atoms with Gasteiger partial charge in [0.05, 0.1) is 13.2 Å². The molecule has 0 radical (unpaired) electrons. The van der Waals surface area contributed by atoms with Crippen LogP contribution in [0.3, 0.4) is 0 Å². The average molecular weight is 258 g/mol. The predicted octanol–water partition coefficient (Wildman–Crippen LogP) is 0.301. The minimum atomic E-state index is -1.28. The number of hydrogen-bond acceptors (Lipinski definition) is 4. The third kappa shape index (κ3) is 4.41. The van der Waals surface area contributed by atoms with Crippen LogP contribution in [-0.2, 0) is 11.3 Å². The molecule has 0 aliphatic rings. The van der Waals surface area contributed by atoms with Gasteiger partial charge >= 0.3 is 12.0 Å². The number of aliphatic hydroxyl groups excluding tert-OH is 1. The Bertz CT molecular complexity index is 405. The predicted molar refractivity (Wildman–Crippen MR) is 62.9 cm³/mol. The van der Waals surface area contributed by atoms with Gasteiger partial charge in [-0.1, -0.05) is 0 Å². The topological polar surface area (TPSA) is 98.7 Å². The van der Waals surface area contributed by atoms with Gasteiger partial charge in [-0.2, -0.15) is 0 Å². The summed E-state index contributed by atoms with van der Waals surface area (Å²) >= 11 is 1.55. The lowest BCUT2D eigenvalue weighted by Gasteiger charge is -2.12. The van der Waals surface area contributed by atoms with E-state index < -0.39 is 24.6 Å². The molecule has 0 saturated heterocycles. The molecule has 0 fully saturated rings. The zero-order valence-electron chi connectivity index (χ0n) is 9.27. The van der Waals surface area contributed by atoms with Crippen LogP contribution in [0.1, 0.15) is 9.75 Å². The summed E-state index contributed by atoms with van der Waals surface area (Å²) < 4.78 is 0. The molecule has 2 amide bonds. The number of urea groups is 1. The summed E-state index contributed by atoms with van der Waals surface area (Å²) in [5.41, 5.74) is 0. The van der Waals surface area contributed by atoms with E-state index in [4.69, 9.17) is 10.2 Å². The van der Waals surface area contributed by atoms with Crippen LogP contribution in [0, 0.1) is 6.92 Å². The Balaban J connectivity index is 2.37. The first-order valence-electron chi connectivity index (χ1n) is 4.96. The van der Waals surface area contributed by atoms with E-state index in [0.29, 0.717) is 6.54 Å². The molecule has 1 aromatic rings. The van der Waals surface area contributed by atoms with E-state index in [9.17, 15) is 9.59 Å². The van der Waals surface area contributed by atoms with Gasteiger partial charge in [0.25, 0.3) is 0 Å². The number of carboxylic acids is 1. The molecular weight excluding hydrogens is 244 g/mol. The number of aliphatic carboxylic acids is 1. The van der Waals surface area contributed by atoms with Crippen LogP contribution < -0.4 is 10.6 Å². The Labute approximate surface area is 102 Å². The molecule has 0 aromatic carbocycles. The summed E-state index contributed by atoms with van der Waals surface area (Å²) in [7, 11) is 0. The van der Waals surface area contributed by atoms with Gasteiger partial charge in [-0.05, 0) is 19.1 Å². The van der Waals surface area contributed by atoms with Crippen molar-refractivity contribution in [3.63, 3.8) is 0 Å². The van der Waals surface area contributed by atoms with Crippen LogP contribution >= 0.6 is 11.3 Å². The minimum Gasteiger partial charge on any atom is -0.480 e. The Morgan fingerprint density at radius 2 is 2.18 bits per heavy atom. The third-order valence-electron chi connectivity index (χ3n) is 2.01. The standard InChI is InChI=1S/C10H14N2O4S/c1-6-2-3-7(17-6)4-11-10(16)12-8(5-13)9(14)15/h2-3,8,13H,4-5H2,1H3,(H,14,15)(H2,11,12,16)/t8-/m1/s1. The Hall–Kier alpha value is -1.60. The number of aryl methyl sites for hydroxylation is 1. The highest BCUT2D eigenvalue weighted by Gasteiger charge is 2.18. The monoisotopic (exact) mass is 258 g/mol. The third-order valence-corrected chi connectivity index (χ3v) is 3.01. The van der Waals surface area contributed by atoms with Crippen molar-refractivity contribution in [2.45, 2.75) is 19.5 Å². The summed E-state index contributed by atoms with van der Waals surface area (Å²) in [5, 5.41) is 22.0. The Kier molecular flexibility index (Phi) is 4.92. The molecule has 0 aliphatic carbocycles. The van der Waals surface area contributed by atoms with Crippen molar-refractivity contribution in [3.8, 4) is 0 Å². The summed E-state index contributed by atoms with van der Waals surface area (Å²) in [4.78, 5) is 24.0. The smallest absolute Gasteiger partial charge is 0.328 e. The fraction of sp³-hybridized carbons (Fsp3) is 0.400. The number of carbonyl (C=O) groups is 2. The number of aliphatic hydroxyl groups is 1. The van der Waals surface area contributed by atoms with Gasteiger partial charge in [-0.15, -0.1) is 11.3 Å². The maximum absolute atomic E-state index is 11.3. The molecule has 4 N–H and O–H groups in total. The summed E-state index contributed by atoms with van der Waals surface area (Å²) in [6.45, 7) is 1.66. The van der Waals surface area contributed by atoms with Crippen LogP contribution in [0.25, 0.3) is 0 Å². The summed E-state index contributed by atoms with van der Waals surface area (Å²) in [6.07, 6.45) is 0. The normalized spacial score (nSPS) is 11.9. The molecule has 6 nitrogen and oxygen atoms in total. The van der Waals surface area contributed by atoms with Crippen LogP contribution in [-0.4, -0.2) is 34.9 Å². The number of carbonyl (C=O) groups excluding carboxylic acids is 1. The molecule has 0 bridgehead atoms. The molecule has 94 valence electrons. The molecule has 1 aromatic heterocycles. The van der Waals surface area contributed by atoms with Crippen molar-refractivity contribution in [1.29, 1.82) is 0 Å². The Morgan fingerprint density at radius 1 is 1.47 bits per heavy atom. The highest BCUT2D eigenvalue weighted by molar-refractivity contribution is 7.11. The molecular formula is C10H14N2O4S. The van der Waals surface area contributed by atoms with Crippen LogP contribution in [0.4, 0.5) is 4.79 Å². The van der Waals surface area contributed by atoms with Crippen molar-refractivity contribution < 1.29 is 19.8 Å². The SMILES string of the molecule is Cc1ccc(CNC(=O)N[C@H](CO)C(=O)O)s1. The van der Waals surface area contributed by atoms with Crippen LogP contribution in [0.5, 0.6) is 0 Å². The lowest BCUT2D eigenvalue weighted by molar-refractivity contribution is -0.140. The fourth-order valence-corrected chi connectivity index (χ4v) is 1.97. The molecule has 1 heterocycles. The largest absolute Gasteiger partial charge is 0.480 e. The van der Waals surface area contributed by atoms with Crippen molar-refractivity contribution in [3.05, 3.63) is 21.9 Å². The quantitative estimate of drug-likeness (QED) is 0.610. The zero-order valence-corrected chi connectivity index (χ0v) is 10.1. The van der Waals surface area contributed by atoms with Gasteiger partial charge in [0.2, 0.25) is 0 Å². The van der Waals surface area contributed by atoms with Gasteiger partial charge in [0.1, 0.15) is 0 Å². The number of thiophene rings is 1. The van der Waals surface area contributed by atoms with Crippen molar-refractivity contribution in [2.75, 3.05) is 6.61 Å². The van der Waals surface area contributed by atoms with Crippen LogP contribution in [0.2, 0.25) is 0 Å². The van der Waals surface area contributed by atoms with E-state index in [1.807, 2.05) is 19.1 Å². The van der Waals surface area contributed by atoms with Gasteiger partial charge in [0.15, 0.2) is 6.04 Å². The average Bonchev–Trinajstić information content (AvgIpc) is 2.68. The molecule has 0 unspecified atom stereocenters. The fourth-order valence-electron chi connectivity index (χ4n) is 1.14. The lowest BCUT2D eigenvalue weighted by Crippen LogP contribution is -2.47. The number of amides is 2. The Morgan fingerprint density at radius 3 is 2.65 bits per heavy atom. The van der Waals surface area contributed by atoms with Crippen molar-refractivity contribution in [1.82, 2.24) is 10.6 Å². The van der Waals surface area contributed by atoms with E-state index >= 15 is 0 Å². The zero-order chi connectivity index (χ0) is 12.8. The van der Waals surface area contributed by atoms with Crippen molar-refractivity contribution >= 4 is 23.3 Å². The summed E-state index contributed by atoms with van der Waals surface area (Å²) in [5.74, 6) is -1.27. The molecule has 7 heteroatoms. The molecule has 1 atom stereocenters. The second kappa shape index (κ2) is 6.21. The second-order valence-corrected chi connectivity index (χ2v) is 4.79. The molecule has 0 saturated carbocycles. The maximum Gasteiger partial charge on any atom is 0.328 e. The molecule has 0 spiro atoms. The van der Waals surface area contributed by atoms with E-state index in [2.05, 4.69) is 10.6 Å². The van der Waals surface area contributed by atoms with Crippen molar-refractivity contribution in [2.24, 2.45) is 0 Å². The maximum atomic E-state index is 11.3. The van der Waals surface area contributed by atoms with E-state index in [-0.39, 0.29) is 0 Å². The lowest BCUT2D eigenvalue weighted by atomic mass is 10.3. The van der Waals surface area contributed by atoms with E-state index in [1.165, 1.54) is 0 Å². The highest BCUT2D eigenvalue weighted by atomic mass is 32.1. The first-order valence-corrected chi connectivity index (χ1v) is 5.78. The van der Waals surface area contributed by atoms with Gasteiger partial charge in [-0.3, -0.25) is 0 Å². The highest BCUT2D eigenvalue weighted by Crippen LogP contribution is 2.14. The number of rotatable bonds is 5.